The lowest BCUT2D eigenvalue weighted by Gasteiger charge is -2.26. The monoisotopic (exact) mass is 341 g/mol. The summed E-state index contributed by atoms with van der Waals surface area (Å²) in [7, 11) is 0. The molecule has 0 heterocycles. The van der Waals surface area contributed by atoms with Crippen molar-refractivity contribution in [3.8, 4) is 0 Å². The third-order valence-electron chi connectivity index (χ3n) is 4.46. The molecule has 1 unspecified atom stereocenters. The number of unbranched alkanes of at least 4 members (excludes halogenated alkanes) is 1. The van der Waals surface area contributed by atoms with Gasteiger partial charge in [0.25, 0.3) is 0 Å². The van der Waals surface area contributed by atoms with Crippen LogP contribution in [0, 0.1) is 5.92 Å². The molecule has 0 aliphatic heterocycles. The van der Waals surface area contributed by atoms with Crippen LogP contribution in [-0.2, 0) is 4.79 Å². The Balaban J connectivity index is 2.16. The minimum Gasteiger partial charge on any atom is -0.481 e. The van der Waals surface area contributed by atoms with Crippen molar-refractivity contribution in [1.29, 1.82) is 0 Å². The summed E-state index contributed by atoms with van der Waals surface area (Å²) in [6, 6.07) is 18.8. The van der Waals surface area contributed by atoms with Crippen molar-refractivity contribution in [2.24, 2.45) is 5.92 Å². The predicted octanol–water partition coefficient (Wildman–Crippen LogP) is 3.94. The van der Waals surface area contributed by atoms with Gasteiger partial charge >= 0.3 is 5.97 Å². The lowest BCUT2D eigenvalue weighted by atomic mass is 9.94. The van der Waals surface area contributed by atoms with E-state index in [2.05, 4.69) is 12.2 Å². The molecule has 0 bridgehead atoms. The average Bonchev–Trinajstić information content (AvgIpc) is 2.65. The quantitative estimate of drug-likeness (QED) is 0.612. The molecular formula is C21H27NO3. The first kappa shape index (κ1) is 19.2. The molecule has 4 nitrogen and oxygen atoms in total. The van der Waals surface area contributed by atoms with Crippen LogP contribution in [0.15, 0.2) is 60.7 Å². The molecule has 0 saturated carbocycles. The Bertz CT molecular complexity index is 630. The molecule has 0 aromatic heterocycles. The highest BCUT2D eigenvalue weighted by atomic mass is 16.4. The van der Waals surface area contributed by atoms with Crippen LogP contribution in [0.1, 0.15) is 49.5 Å². The van der Waals surface area contributed by atoms with E-state index in [9.17, 15) is 15.0 Å². The number of benzene rings is 2. The van der Waals surface area contributed by atoms with E-state index in [1.165, 1.54) is 0 Å². The van der Waals surface area contributed by atoms with Gasteiger partial charge in [0, 0.05) is 6.54 Å². The summed E-state index contributed by atoms with van der Waals surface area (Å²) in [6.45, 7) is 2.39. The standard InChI is InChI=1S/C21H27NO3/c1-2-3-10-18(21(24)25)15-22-19(16-11-6-4-7-12-16)20(23)17-13-8-5-9-14-17/h4-9,11-14,18-20,22-23H,2-3,10,15H2,1H3,(H,24,25)/t18?,19-,20+/m1/s1. The minimum atomic E-state index is -0.790. The van der Waals surface area contributed by atoms with Crippen LogP contribution in [0.3, 0.4) is 0 Å². The number of rotatable bonds is 10. The first-order chi connectivity index (χ1) is 12.1. The largest absolute Gasteiger partial charge is 0.481 e. The van der Waals surface area contributed by atoms with Gasteiger partial charge in [0.2, 0.25) is 0 Å². The lowest BCUT2D eigenvalue weighted by molar-refractivity contribution is -0.142. The van der Waals surface area contributed by atoms with E-state index in [0.29, 0.717) is 13.0 Å². The maximum atomic E-state index is 11.5. The van der Waals surface area contributed by atoms with E-state index in [0.717, 1.165) is 24.0 Å². The SMILES string of the molecule is CCCCC(CN[C@H](c1ccccc1)[C@@H](O)c1ccccc1)C(=O)O. The fraction of sp³-hybridized carbons (Fsp3) is 0.381. The van der Waals surface area contributed by atoms with Crippen LogP contribution in [0.2, 0.25) is 0 Å². The minimum absolute atomic E-state index is 0.332. The zero-order chi connectivity index (χ0) is 18.1. The van der Waals surface area contributed by atoms with Gasteiger partial charge in [-0.1, -0.05) is 80.4 Å². The van der Waals surface area contributed by atoms with E-state index in [1.807, 2.05) is 60.7 Å². The number of hydrogen-bond donors (Lipinski definition) is 3. The van der Waals surface area contributed by atoms with Gasteiger partial charge in [-0.15, -0.1) is 0 Å². The van der Waals surface area contributed by atoms with Gasteiger partial charge in [0.1, 0.15) is 0 Å². The van der Waals surface area contributed by atoms with Crippen molar-refractivity contribution in [3.63, 3.8) is 0 Å². The van der Waals surface area contributed by atoms with Crippen LogP contribution < -0.4 is 5.32 Å². The molecule has 2 rings (SSSR count). The second-order valence-corrected chi connectivity index (χ2v) is 6.33. The first-order valence-corrected chi connectivity index (χ1v) is 8.87. The van der Waals surface area contributed by atoms with E-state index in [-0.39, 0.29) is 6.04 Å². The Morgan fingerprint density at radius 3 is 2.08 bits per heavy atom. The molecule has 0 amide bonds. The number of hydrogen-bond acceptors (Lipinski definition) is 3. The van der Waals surface area contributed by atoms with Crippen LogP contribution in [0.5, 0.6) is 0 Å². The number of carboxylic acid groups (broad SMARTS) is 1. The molecule has 0 aliphatic carbocycles. The summed E-state index contributed by atoms with van der Waals surface area (Å²) in [5.41, 5.74) is 1.75. The van der Waals surface area contributed by atoms with E-state index >= 15 is 0 Å². The average molecular weight is 341 g/mol. The summed E-state index contributed by atoms with van der Waals surface area (Å²) in [5, 5.41) is 23.6. The molecule has 0 radical (unpaired) electrons. The summed E-state index contributed by atoms with van der Waals surface area (Å²) in [5.74, 6) is -1.24. The maximum absolute atomic E-state index is 11.5. The molecule has 25 heavy (non-hydrogen) atoms. The number of carbonyl (C=O) groups is 1. The van der Waals surface area contributed by atoms with Crippen molar-refractivity contribution in [2.75, 3.05) is 6.54 Å². The molecule has 3 atom stereocenters. The van der Waals surface area contributed by atoms with Crippen LogP contribution >= 0.6 is 0 Å². The molecule has 2 aromatic rings. The summed E-state index contributed by atoms with van der Waals surface area (Å²) in [4.78, 5) is 11.5. The van der Waals surface area contributed by atoms with Crippen LogP contribution in [0.25, 0.3) is 0 Å². The van der Waals surface area contributed by atoms with Gasteiger partial charge in [-0.3, -0.25) is 4.79 Å². The highest BCUT2D eigenvalue weighted by molar-refractivity contribution is 5.70. The summed E-state index contributed by atoms with van der Waals surface area (Å²) < 4.78 is 0. The van der Waals surface area contributed by atoms with E-state index < -0.39 is 18.0 Å². The second kappa shape index (κ2) is 9.97. The molecule has 4 heteroatoms. The molecule has 3 N–H and O–H groups in total. The molecule has 0 saturated heterocycles. The van der Waals surface area contributed by atoms with E-state index in [1.54, 1.807) is 0 Å². The van der Waals surface area contributed by atoms with Gasteiger partial charge in [-0.25, -0.2) is 0 Å². The van der Waals surface area contributed by atoms with Crippen molar-refractivity contribution in [3.05, 3.63) is 71.8 Å². The van der Waals surface area contributed by atoms with Gasteiger partial charge in [0.05, 0.1) is 18.1 Å². The Kier molecular flexibility index (Phi) is 7.64. The van der Waals surface area contributed by atoms with Gasteiger partial charge in [-0.2, -0.15) is 0 Å². The van der Waals surface area contributed by atoms with Crippen molar-refractivity contribution < 1.29 is 15.0 Å². The van der Waals surface area contributed by atoms with Crippen LogP contribution in [0.4, 0.5) is 0 Å². The number of aliphatic hydroxyl groups is 1. The predicted molar refractivity (Wildman–Crippen MR) is 99.2 cm³/mol. The Morgan fingerprint density at radius 1 is 1.00 bits per heavy atom. The normalized spacial score (nSPS) is 14.6. The first-order valence-electron chi connectivity index (χ1n) is 8.87. The zero-order valence-electron chi connectivity index (χ0n) is 14.6. The molecule has 0 fully saturated rings. The van der Waals surface area contributed by atoms with E-state index in [4.69, 9.17) is 0 Å². The zero-order valence-corrected chi connectivity index (χ0v) is 14.6. The topological polar surface area (TPSA) is 69.6 Å². The molecule has 134 valence electrons. The number of aliphatic carboxylic acids is 1. The molecule has 2 aromatic carbocycles. The fourth-order valence-corrected chi connectivity index (χ4v) is 2.95. The second-order valence-electron chi connectivity index (χ2n) is 6.33. The Hall–Kier alpha value is -2.17. The summed E-state index contributed by atoms with van der Waals surface area (Å²) >= 11 is 0. The van der Waals surface area contributed by atoms with Gasteiger partial charge < -0.3 is 15.5 Å². The highest BCUT2D eigenvalue weighted by Gasteiger charge is 2.25. The van der Waals surface area contributed by atoms with Crippen molar-refractivity contribution >= 4 is 5.97 Å². The number of aliphatic hydroxyl groups excluding tert-OH is 1. The molecule has 0 spiro atoms. The van der Waals surface area contributed by atoms with Gasteiger partial charge in [0.15, 0.2) is 0 Å². The molecule has 0 aliphatic rings. The Labute approximate surface area is 149 Å². The number of nitrogens with one attached hydrogen (secondary N) is 1. The fourth-order valence-electron chi connectivity index (χ4n) is 2.95. The maximum Gasteiger partial charge on any atom is 0.307 e. The third kappa shape index (κ3) is 5.69. The summed E-state index contributed by atoms with van der Waals surface area (Å²) in [6.07, 6.45) is 1.75. The smallest absolute Gasteiger partial charge is 0.307 e. The van der Waals surface area contributed by atoms with Gasteiger partial charge in [-0.05, 0) is 17.5 Å². The third-order valence-corrected chi connectivity index (χ3v) is 4.46. The molecular weight excluding hydrogens is 314 g/mol. The van der Waals surface area contributed by atoms with Crippen molar-refractivity contribution in [2.45, 2.75) is 38.3 Å². The Morgan fingerprint density at radius 2 is 1.56 bits per heavy atom. The number of carboxylic acids is 1. The lowest BCUT2D eigenvalue weighted by Crippen LogP contribution is -2.34. The van der Waals surface area contributed by atoms with Crippen molar-refractivity contribution in [1.82, 2.24) is 5.32 Å². The highest BCUT2D eigenvalue weighted by Crippen LogP contribution is 2.29. The van der Waals surface area contributed by atoms with Crippen LogP contribution in [-0.4, -0.2) is 22.7 Å².